The second-order valence-electron chi connectivity index (χ2n) is 4.83. The van der Waals surface area contributed by atoms with Gasteiger partial charge in [-0.1, -0.05) is 11.3 Å². The number of fused-ring (bicyclic) bond motifs is 1. The third-order valence-electron chi connectivity index (χ3n) is 3.05. The van der Waals surface area contributed by atoms with E-state index in [2.05, 4.69) is 32.3 Å². The molecule has 104 valence electrons. The van der Waals surface area contributed by atoms with Crippen LogP contribution in [0.1, 0.15) is 18.3 Å². The van der Waals surface area contributed by atoms with Gasteiger partial charge in [0.2, 0.25) is 0 Å². The highest BCUT2D eigenvalue weighted by Gasteiger charge is 2.13. The van der Waals surface area contributed by atoms with E-state index < -0.39 is 0 Å². The van der Waals surface area contributed by atoms with Crippen LogP contribution in [0.15, 0.2) is 18.6 Å². The molecule has 3 heterocycles. The van der Waals surface area contributed by atoms with Crippen LogP contribution in [0, 0.1) is 6.92 Å². The van der Waals surface area contributed by atoms with Crippen molar-refractivity contribution in [3.05, 3.63) is 30.0 Å². The van der Waals surface area contributed by atoms with Crippen molar-refractivity contribution in [2.45, 2.75) is 26.3 Å². The molecule has 0 spiro atoms. The molecule has 0 aromatic carbocycles. The molecule has 0 saturated heterocycles. The van der Waals surface area contributed by atoms with E-state index in [-0.39, 0.29) is 6.04 Å². The highest BCUT2D eigenvalue weighted by Crippen LogP contribution is 2.28. The van der Waals surface area contributed by atoms with Crippen LogP contribution in [0.2, 0.25) is 0 Å². The molecule has 0 bridgehead atoms. The van der Waals surface area contributed by atoms with Crippen molar-refractivity contribution in [1.82, 2.24) is 24.7 Å². The van der Waals surface area contributed by atoms with Gasteiger partial charge < -0.3 is 5.32 Å². The summed E-state index contributed by atoms with van der Waals surface area (Å²) < 4.78 is 2.96. The fraction of sp³-hybridized carbons (Fsp3) is 0.385. The Balaban J connectivity index is 1.74. The number of aromatic nitrogens is 5. The zero-order valence-corrected chi connectivity index (χ0v) is 12.5. The minimum Gasteiger partial charge on any atom is -0.359 e. The third kappa shape index (κ3) is 2.49. The number of aryl methyl sites for hydroxylation is 2. The molecule has 0 fully saturated rings. The molecule has 0 aliphatic heterocycles. The van der Waals surface area contributed by atoms with Gasteiger partial charge in [-0.25, -0.2) is 9.67 Å². The summed E-state index contributed by atoms with van der Waals surface area (Å²) in [6, 6.07) is 0.250. The van der Waals surface area contributed by atoms with Gasteiger partial charge in [-0.3, -0.25) is 9.97 Å². The predicted molar refractivity (Wildman–Crippen MR) is 79.9 cm³/mol. The minimum absolute atomic E-state index is 0.250. The summed E-state index contributed by atoms with van der Waals surface area (Å²) in [5.74, 6) is 0. The maximum atomic E-state index is 4.59. The van der Waals surface area contributed by atoms with Crippen molar-refractivity contribution in [3.8, 4) is 0 Å². The standard InChI is InChI=1S/C13H16N6S/c1-8(6-10-7-14-4-5-15-10)16-13-17-12-11(20-13)9(2)18-19(12)3/h4-5,7-8H,6H2,1-3H3,(H,16,17)/t8-/m0/s1. The van der Waals surface area contributed by atoms with E-state index >= 15 is 0 Å². The monoisotopic (exact) mass is 288 g/mol. The Morgan fingerprint density at radius 1 is 1.40 bits per heavy atom. The van der Waals surface area contributed by atoms with Gasteiger partial charge in [0.05, 0.1) is 16.1 Å². The lowest BCUT2D eigenvalue weighted by atomic mass is 10.2. The predicted octanol–water partition coefficient (Wildman–Crippen LogP) is 2.17. The van der Waals surface area contributed by atoms with Gasteiger partial charge in [-0.2, -0.15) is 5.10 Å². The number of hydrogen-bond donors (Lipinski definition) is 1. The molecule has 3 aromatic heterocycles. The van der Waals surface area contributed by atoms with E-state index in [9.17, 15) is 0 Å². The molecule has 0 aliphatic carbocycles. The second-order valence-corrected chi connectivity index (χ2v) is 5.83. The molecule has 6 nitrogen and oxygen atoms in total. The first kappa shape index (κ1) is 13.0. The average Bonchev–Trinajstić information content (AvgIpc) is 2.93. The molecule has 7 heteroatoms. The Morgan fingerprint density at radius 2 is 2.25 bits per heavy atom. The topological polar surface area (TPSA) is 68.5 Å². The maximum Gasteiger partial charge on any atom is 0.185 e. The fourth-order valence-electron chi connectivity index (χ4n) is 2.16. The third-order valence-corrected chi connectivity index (χ3v) is 4.13. The van der Waals surface area contributed by atoms with E-state index in [0.29, 0.717) is 0 Å². The zero-order chi connectivity index (χ0) is 14.1. The van der Waals surface area contributed by atoms with Crippen LogP contribution in [0.25, 0.3) is 10.3 Å². The Morgan fingerprint density at radius 3 is 2.95 bits per heavy atom. The molecule has 1 atom stereocenters. The van der Waals surface area contributed by atoms with Crippen LogP contribution in [0.5, 0.6) is 0 Å². The van der Waals surface area contributed by atoms with Gasteiger partial charge in [0, 0.05) is 38.1 Å². The quantitative estimate of drug-likeness (QED) is 0.797. The highest BCUT2D eigenvalue weighted by molar-refractivity contribution is 7.22. The van der Waals surface area contributed by atoms with E-state index in [1.54, 1.807) is 29.9 Å². The molecule has 0 unspecified atom stereocenters. The van der Waals surface area contributed by atoms with Crippen molar-refractivity contribution in [2.24, 2.45) is 7.05 Å². The summed E-state index contributed by atoms with van der Waals surface area (Å²) in [5.41, 5.74) is 2.93. The molecule has 0 aliphatic rings. The van der Waals surface area contributed by atoms with E-state index in [1.807, 2.05) is 18.7 Å². The van der Waals surface area contributed by atoms with Gasteiger partial charge in [-0.05, 0) is 13.8 Å². The van der Waals surface area contributed by atoms with Gasteiger partial charge in [0.1, 0.15) is 0 Å². The van der Waals surface area contributed by atoms with E-state index in [0.717, 1.165) is 33.3 Å². The van der Waals surface area contributed by atoms with Crippen molar-refractivity contribution in [1.29, 1.82) is 0 Å². The van der Waals surface area contributed by atoms with Crippen LogP contribution in [-0.4, -0.2) is 30.8 Å². The van der Waals surface area contributed by atoms with Crippen molar-refractivity contribution in [2.75, 3.05) is 5.32 Å². The molecule has 0 saturated carbocycles. The number of anilines is 1. The van der Waals surface area contributed by atoms with E-state index in [1.165, 1.54) is 0 Å². The molecule has 0 amide bonds. The number of thiazole rings is 1. The highest BCUT2D eigenvalue weighted by atomic mass is 32.1. The molecular weight excluding hydrogens is 272 g/mol. The molecule has 0 radical (unpaired) electrons. The summed E-state index contributed by atoms with van der Waals surface area (Å²) >= 11 is 1.64. The number of nitrogens with one attached hydrogen (secondary N) is 1. The van der Waals surface area contributed by atoms with Crippen LogP contribution in [0.4, 0.5) is 5.13 Å². The molecule has 1 N–H and O–H groups in total. The van der Waals surface area contributed by atoms with Gasteiger partial charge in [-0.15, -0.1) is 0 Å². The summed E-state index contributed by atoms with van der Waals surface area (Å²) in [5, 5.41) is 8.70. The minimum atomic E-state index is 0.250. The SMILES string of the molecule is Cc1nn(C)c2nc(N[C@@H](C)Cc3cnccn3)sc12. The number of hydrogen-bond acceptors (Lipinski definition) is 6. The average molecular weight is 288 g/mol. The van der Waals surface area contributed by atoms with Gasteiger partial charge in [0.15, 0.2) is 10.8 Å². The first-order valence-electron chi connectivity index (χ1n) is 6.45. The van der Waals surface area contributed by atoms with E-state index in [4.69, 9.17) is 0 Å². The Labute approximate surface area is 120 Å². The lowest BCUT2D eigenvalue weighted by molar-refractivity contribution is 0.758. The van der Waals surface area contributed by atoms with Gasteiger partial charge in [0.25, 0.3) is 0 Å². The van der Waals surface area contributed by atoms with Crippen LogP contribution in [0.3, 0.4) is 0 Å². The normalized spacial score (nSPS) is 12.8. The summed E-state index contributed by atoms with van der Waals surface area (Å²) in [4.78, 5) is 13.0. The molecule has 3 aromatic rings. The molecule has 3 rings (SSSR count). The summed E-state index contributed by atoms with van der Waals surface area (Å²) in [6.07, 6.45) is 6.02. The smallest absolute Gasteiger partial charge is 0.185 e. The maximum absolute atomic E-state index is 4.59. The van der Waals surface area contributed by atoms with Crippen molar-refractivity contribution in [3.63, 3.8) is 0 Å². The van der Waals surface area contributed by atoms with Gasteiger partial charge >= 0.3 is 0 Å². The number of nitrogens with zero attached hydrogens (tertiary/aromatic N) is 5. The largest absolute Gasteiger partial charge is 0.359 e. The Kier molecular flexibility index (Phi) is 3.35. The van der Waals surface area contributed by atoms with Crippen LogP contribution >= 0.6 is 11.3 Å². The first-order valence-corrected chi connectivity index (χ1v) is 7.26. The summed E-state index contributed by atoms with van der Waals surface area (Å²) in [7, 11) is 1.92. The Hall–Kier alpha value is -2.02. The Bertz CT molecular complexity index is 683. The lowest BCUT2D eigenvalue weighted by Crippen LogP contribution is -2.18. The van der Waals surface area contributed by atoms with Crippen molar-refractivity contribution < 1.29 is 0 Å². The molecule has 20 heavy (non-hydrogen) atoms. The van der Waals surface area contributed by atoms with Crippen molar-refractivity contribution >= 4 is 26.8 Å². The molecular formula is C13H16N6S. The van der Waals surface area contributed by atoms with Crippen LogP contribution < -0.4 is 5.32 Å². The second kappa shape index (κ2) is 5.16. The summed E-state index contributed by atoms with van der Waals surface area (Å²) in [6.45, 7) is 4.12. The zero-order valence-electron chi connectivity index (χ0n) is 11.7. The van der Waals surface area contributed by atoms with Crippen LogP contribution in [-0.2, 0) is 13.5 Å². The number of rotatable bonds is 4. The fourth-order valence-corrected chi connectivity index (χ4v) is 3.20. The first-order chi connectivity index (χ1) is 9.63. The lowest BCUT2D eigenvalue weighted by Gasteiger charge is -2.11.